The second-order valence-electron chi connectivity index (χ2n) is 5.89. The van der Waals surface area contributed by atoms with Gasteiger partial charge in [-0.2, -0.15) is 0 Å². The molecular weight excluding hydrogens is 344 g/mol. The topological polar surface area (TPSA) is 83.8 Å². The Morgan fingerprint density at radius 2 is 1.56 bits per heavy atom. The SMILES string of the molecule is CCCC(OC(=O)c1ccccc1)C(=O)O.Oc1cccc2ccccc12. The lowest BCUT2D eigenvalue weighted by molar-refractivity contribution is -0.147. The summed E-state index contributed by atoms with van der Waals surface area (Å²) in [5, 5.41) is 20.2. The molecule has 3 aromatic rings. The van der Waals surface area contributed by atoms with Gasteiger partial charge < -0.3 is 14.9 Å². The van der Waals surface area contributed by atoms with Crippen molar-refractivity contribution in [1.82, 2.24) is 0 Å². The van der Waals surface area contributed by atoms with Gasteiger partial charge in [0.1, 0.15) is 5.75 Å². The quantitative estimate of drug-likeness (QED) is 0.643. The third-order valence-corrected chi connectivity index (χ3v) is 3.85. The molecule has 3 rings (SSSR count). The summed E-state index contributed by atoms with van der Waals surface area (Å²) >= 11 is 0. The van der Waals surface area contributed by atoms with E-state index in [4.69, 9.17) is 9.84 Å². The van der Waals surface area contributed by atoms with Crippen LogP contribution in [0.2, 0.25) is 0 Å². The summed E-state index contributed by atoms with van der Waals surface area (Å²) in [4.78, 5) is 22.3. The predicted molar refractivity (Wildman–Crippen MR) is 104 cm³/mol. The molecule has 0 aliphatic heterocycles. The van der Waals surface area contributed by atoms with Gasteiger partial charge in [0.15, 0.2) is 6.10 Å². The molecule has 0 spiro atoms. The van der Waals surface area contributed by atoms with Crippen molar-refractivity contribution < 1.29 is 24.5 Å². The molecule has 140 valence electrons. The number of esters is 1. The van der Waals surface area contributed by atoms with Gasteiger partial charge in [0.05, 0.1) is 5.56 Å². The van der Waals surface area contributed by atoms with Crippen LogP contribution in [0.25, 0.3) is 10.8 Å². The number of carboxylic acid groups (broad SMARTS) is 1. The Morgan fingerprint density at radius 3 is 2.19 bits per heavy atom. The predicted octanol–water partition coefficient (Wildman–Crippen LogP) is 4.64. The Kier molecular flexibility index (Phi) is 7.37. The Bertz CT molecular complexity index is 884. The normalized spacial score (nSPS) is 11.1. The fraction of sp³-hybridized carbons (Fsp3) is 0.182. The zero-order valence-corrected chi connectivity index (χ0v) is 15.0. The minimum absolute atomic E-state index is 0.327. The van der Waals surface area contributed by atoms with Crippen molar-refractivity contribution in [2.24, 2.45) is 0 Å². The number of hydrogen-bond donors (Lipinski definition) is 2. The molecule has 0 heterocycles. The van der Waals surface area contributed by atoms with Gasteiger partial charge in [-0.15, -0.1) is 0 Å². The monoisotopic (exact) mass is 366 g/mol. The second kappa shape index (κ2) is 9.97. The van der Waals surface area contributed by atoms with E-state index in [-0.39, 0.29) is 0 Å². The maximum absolute atomic E-state index is 11.5. The standard InChI is InChI=1S/C12H14O4.C10H8O/c1-2-6-10(11(13)14)16-12(15)9-7-4-3-5-8-9;11-10-7-3-5-8-4-1-2-6-9(8)10/h3-5,7-8,10H,2,6H2,1H3,(H,13,14);1-7,11H. The Hall–Kier alpha value is -3.34. The number of phenolic OH excluding ortho intramolecular Hbond substituents is 1. The number of aromatic hydroxyl groups is 1. The molecule has 27 heavy (non-hydrogen) atoms. The first-order valence-corrected chi connectivity index (χ1v) is 8.68. The smallest absolute Gasteiger partial charge is 0.345 e. The number of benzene rings is 3. The summed E-state index contributed by atoms with van der Waals surface area (Å²) in [6, 6.07) is 21.6. The molecule has 0 fully saturated rings. The van der Waals surface area contributed by atoms with Crippen molar-refractivity contribution >= 4 is 22.7 Å². The number of fused-ring (bicyclic) bond motifs is 1. The highest BCUT2D eigenvalue weighted by Gasteiger charge is 2.21. The molecule has 0 aliphatic carbocycles. The molecular formula is C22H22O5. The number of rotatable bonds is 5. The van der Waals surface area contributed by atoms with E-state index in [2.05, 4.69) is 0 Å². The molecule has 5 nitrogen and oxygen atoms in total. The average molecular weight is 366 g/mol. The van der Waals surface area contributed by atoms with Gasteiger partial charge in [0.25, 0.3) is 0 Å². The highest BCUT2D eigenvalue weighted by atomic mass is 16.6. The molecule has 0 amide bonds. The Morgan fingerprint density at radius 1 is 0.926 bits per heavy atom. The highest BCUT2D eigenvalue weighted by molar-refractivity contribution is 5.91. The van der Waals surface area contributed by atoms with Crippen molar-refractivity contribution in [3.8, 4) is 5.75 Å². The minimum Gasteiger partial charge on any atom is -0.507 e. The van der Waals surface area contributed by atoms with Crippen LogP contribution in [-0.4, -0.2) is 28.3 Å². The zero-order valence-electron chi connectivity index (χ0n) is 15.0. The van der Waals surface area contributed by atoms with E-state index < -0.39 is 18.0 Å². The van der Waals surface area contributed by atoms with Gasteiger partial charge in [-0.3, -0.25) is 0 Å². The van der Waals surface area contributed by atoms with Gasteiger partial charge in [-0.25, -0.2) is 9.59 Å². The number of hydrogen-bond acceptors (Lipinski definition) is 4. The molecule has 1 atom stereocenters. The number of ether oxygens (including phenoxy) is 1. The molecule has 0 saturated heterocycles. The number of carbonyl (C=O) groups excluding carboxylic acids is 1. The summed E-state index contributed by atoms with van der Waals surface area (Å²) in [6.45, 7) is 1.84. The third-order valence-electron chi connectivity index (χ3n) is 3.85. The Labute approximate surface area is 157 Å². The van der Waals surface area contributed by atoms with Crippen LogP contribution in [0, 0.1) is 0 Å². The van der Waals surface area contributed by atoms with Gasteiger partial charge in [-0.1, -0.05) is 67.9 Å². The van der Waals surface area contributed by atoms with Crippen molar-refractivity contribution in [1.29, 1.82) is 0 Å². The van der Waals surface area contributed by atoms with Crippen molar-refractivity contribution in [3.63, 3.8) is 0 Å². The van der Waals surface area contributed by atoms with Crippen LogP contribution >= 0.6 is 0 Å². The number of carboxylic acids is 1. The molecule has 3 aromatic carbocycles. The minimum atomic E-state index is -1.11. The second-order valence-corrected chi connectivity index (χ2v) is 5.89. The first-order valence-electron chi connectivity index (χ1n) is 8.68. The maximum atomic E-state index is 11.5. The van der Waals surface area contributed by atoms with Crippen LogP contribution in [0.5, 0.6) is 5.75 Å². The van der Waals surface area contributed by atoms with Crippen molar-refractivity contribution in [2.45, 2.75) is 25.9 Å². The molecule has 0 radical (unpaired) electrons. The lowest BCUT2D eigenvalue weighted by Gasteiger charge is -2.12. The summed E-state index contributed by atoms with van der Waals surface area (Å²) in [7, 11) is 0. The van der Waals surface area contributed by atoms with E-state index >= 15 is 0 Å². The molecule has 0 aliphatic rings. The van der Waals surface area contributed by atoms with E-state index in [1.807, 2.05) is 43.3 Å². The van der Waals surface area contributed by atoms with Crippen LogP contribution in [0.15, 0.2) is 72.8 Å². The zero-order chi connectivity index (χ0) is 19.6. The third kappa shape index (κ3) is 5.85. The Balaban J connectivity index is 0.000000206. The van der Waals surface area contributed by atoms with Gasteiger partial charge in [0.2, 0.25) is 0 Å². The number of carbonyl (C=O) groups is 2. The van der Waals surface area contributed by atoms with E-state index in [0.29, 0.717) is 24.2 Å². The van der Waals surface area contributed by atoms with E-state index in [1.165, 1.54) is 0 Å². The molecule has 1 unspecified atom stereocenters. The summed E-state index contributed by atoms with van der Waals surface area (Å²) < 4.78 is 4.90. The van der Waals surface area contributed by atoms with Gasteiger partial charge in [0, 0.05) is 5.39 Å². The lowest BCUT2D eigenvalue weighted by atomic mass is 10.1. The van der Waals surface area contributed by atoms with Crippen molar-refractivity contribution in [3.05, 3.63) is 78.4 Å². The molecule has 0 bridgehead atoms. The summed E-state index contributed by atoms with van der Waals surface area (Å²) in [6.07, 6.45) is -0.0786. The van der Waals surface area contributed by atoms with Crippen LogP contribution in [0.3, 0.4) is 0 Å². The molecule has 2 N–H and O–H groups in total. The van der Waals surface area contributed by atoms with Gasteiger partial charge in [-0.05, 0) is 30.0 Å². The summed E-state index contributed by atoms with van der Waals surface area (Å²) in [5.41, 5.74) is 0.366. The first-order chi connectivity index (χ1) is 13.0. The highest BCUT2D eigenvalue weighted by Crippen LogP contribution is 2.22. The first kappa shape index (κ1) is 20.0. The van der Waals surface area contributed by atoms with Crippen LogP contribution in [0.4, 0.5) is 0 Å². The largest absolute Gasteiger partial charge is 0.507 e. The number of aliphatic carboxylic acids is 1. The molecule has 0 aromatic heterocycles. The fourth-order valence-corrected chi connectivity index (χ4v) is 2.47. The maximum Gasteiger partial charge on any atom is 0.345 e. The van der Waals surface area contributed by atoms with E-state index in [9.17, 15) is 14.7 Å². The summed E-state index contributed by atoms with van der Waals surface area (Å²) in [5.74, 6) is -1.35. The van der Waals surface area contributed by atoms with E-state index in [1.54, 1.807) is 36.4 Å². The van der Waals surface area contributed by atoms with Crippen LogP contribution in [0.1, 0.15) is 30.1 Å². The van der Waals surface area contributed by atoms with Gasteiger partial charge >= 0.3 is 11.9 Å². The van der Waals surface area contributed by atoms with E-state index in [0.717, 1.165) is 10.8 Å². The average Bonchev–Trinajstić information content (AvgIpc) is 2.69. The van der Waals surface area contributed by atoms with Crippen LogP contribution in [-0.2, 0) is 9.53 Å². The number of phenols is 1. The molecule has 0 saturated carbocycles. The van der Waals surface area contributed by atoms with Crippen LogP contribution < -0.4 is 0 Å². The molecule has 5 heteroatoms. The van der Waals surface area contributed by atoms with Crippen molar-refractivity contribution in [2.75, 3.05) is 0 Å². The lowest BCUT2D eigenvalue weighted by Crippen LogP contribution is -2.26. The fourth-order valence-electron chi connectivity index (χ4n) is 2.47.